The summed E-state index contributed by atoms with van der Waals surface area (Å²) in [5.41, 5.74) is 7.08. The van der Waals surface area contributed by atoms with Crippen LogP contribution in [0.4, 0.5) is 21.6 Å². The highest BCUT2D eigenvalue weighted by Gasteiger charge is 2.43. The molecule has 0 aromatic carbocycles. The van der Waals surface area contributed by atoms with Gasteiger partial charge in [-0.05, 0) is 73.9 Å². The van der Waals surface area contributed by atoms with Crippen LogP contribution in [0.3, 0.4) is 0 Å². The predicted molar refractivity (Wildman–Crippen MR) is 177 cm³/mol. The van der Waals surface area contributed by atoms with Crippen LogP contribution >= 0.6 is 11.3 Å². The highest BCUT2D eigenvalue weighted by atomic mass is 32.1. The van der Waals surface area contributed by atoms with Crippen LogP contribution < -0.4 is 15.5 Å². The lowest BCUT2D eigenvalue weighted by Crippen LogP contribution is -2.50. The number of aryl methyl sites for hydroxylation is 1. The predicted octanol–water partition coefficient (Wildman–Crippen LogP) is 4.27. The minimum atomic E-state index is -0.626. The van der Waals surface area contributed by atoms with Gasteiger partial charge in [-0.2, -0.15) is 15.2 Å². The Morgan fingerprint density at radius 1 is 1.15 bits per heavy atom. The van der Waals surface area contributed by atoms with Gasteiger partial charge in [0.25, 0.3) is 0 Å². The number of carbonyl (C=O) groups excluding carboxylic acids is 1. The molecule has 0 bridgehead atoms. The monoisotopic (exact) mass is 648 g/mol. The molecular weight excluding hydrogens is 604 g/mol. The average molecular weight is 649 g/mol. The van der Waals surface area contributed by atoms with Gasteiger partial charge in [-0.25, -0.2) is 9.78 Å². The number of fused-ring (bicyclic) bond motifs is 1. The van der Waals surface area contributed by atoms with Gasteiger partial charge in [-0.1, -0.05) is 5.16 Å². The Labute approximate surface area is 274 Å². The number of nitrogens with two attached hydrogens (primary N) is 1. The molecule has 5 heterocycles. The van der Waals surface area contributed by atoms with Gasteiger partial charge in [-0.15, -0.1) is 11.3 Å². The minimum absolute atomic E-state index is 0.202. The zero-order valence-electron chi connectivity index (χ0n) is 27.7. The van der Waals surface area contributed by atoms with Gasteiger partial charge in [0.05, 0.1) is 11.0 Å². The quantitative estimate of drug-likeness (QED) is 0.430. The molecule has 46 heavy (non-hydrogen) atoms. The van der Waals surface area contributed by atoms with Crippen molar-refractivity contribution >= 4 is 34.2 Å². The Morgan fingerprint density at radius 2 is 1.91 bits per heavy atom. The first-order valence-electron chi connectivity index (χ1n) is 16.1. The van der Waals surface area contributed by atoms with Gasteiger partial charge in [-0.3, -0.25) is 0 Å². The summed E-state index contributed by atoms with van der Waals surface area (Å²) >= 11 is 1.48. The second-order valence-corrected chi connectivity index (χ2v) is 15.0. The molecule has 0 unspecified atom stereocenters. The highest BCUT2D eigenvalue weighted by Crippen LogP contribution is 2.48. The lowest BCUT2D eigenvalue weighted by atomic mass is 9.72. The van der Waals surface area contributed by atoms with Gasteiger partial charge in [0.15, 0.2) is 0 Å². The number of likely N-dealkylation sites (N-methyl/N-ethyl adjacent to an activating group) is 1. The van der Waals surface area contributed by atoms with Gasteiger partial charge >= 0.3 is 6.09 Å². The molecule has 0 spiro atoms. The van der Waals surface area contributed by atoms with Crippen molar-refractivity contribution < 1.29 is 14.1 Å². The molecule has 0 saturated carbocycles. The van der Waals surface area contributed by atoms with Crippen LogP contribution in [0.15, 0.2) is 10.6 Å². The first kappa shape index (κ1) is 32.0. The Balaban J connectivity index is 1.34. The van der Waals surface area contributed by atoms with E-state index in [1.165, 1.54) is 11.3 Å². The fourth-order valence-electron chi connectivity index (χ4n) is 6.80. The van der Waals surface area contributed by atoms with Crippen molar-refractivity contribution in [3.63, 3.8) is 0 Å². The number of ether oxygens (including phenoxy) is 1. The van der Waals surface area contributed by atoms with Crippen molar-refractivity contribution in [2.45, 2.75) is 77.4 Å². The summed E-state index contributed by atoms with van der Waals surface area (Å²) in [6.07, 6.45) is 3.28. The molecule has 14 heteroatoms. The SMILES string of the molecule is C[C@H]1CN(C)CCCN1c1nc(-c2noc([C@@]3(C)CCCc4sc(N)c(C#N)c43)n2)cc(N2CCN(C(=O)OC(C)(C)C)CC2)n1. The zero-order chi connectivity index (χ0) is 32.8. The molecular formula is C32H44N10O3S. The molecule has 1 amide bonds. The zero-order valence-corrected chi connectivity index (χ0v) is 28.5. The van der Waals surface area contributed by atoms with E-state index in [1.54, 1.807) is 4.90 Å². The molecule has 13 nitrogen and oxygen atoms in total. The summed E-state index contributed by atoms with van der Waals surface area (Å²) in [4.78, 5) is 37.4. The largest absolute Gasteiger partial charge is 0.444 e. The number of anilines is 3. The lowest BCUT2D eigenvalue weighted by molar-refractivity contribution is 0.0240. The molecule has 2 fully saturated rings. The topological polar surface area (TPSA) is 154 Å². The molecule has 2 N–H and O–H groups in total. The summed E-state index contributed by atoms with van der Waals surface area (Å²) < 4.78 is 11.6. The van der Waals surface area contributed by atoms with E-state index in [1.807, 2.05) is 26.8 Å². The number of rotatable bonds is 4. The van der Waals surface area contributed by atoms with E-state index in [9.17, 15) is 10.1 Å². The molecule has 3 aromatic rings. The average Bonchev–Trinajstić information content (AvgIpc) is 3.59. The standard InChI is InChI=1S/C32H44N10O3S/c1-20-19-39(6)11-8-12-42(20)29-35-22(17-24(36-29)40-13-15-41(16-14-40)30(43)44-31(2,3)4)27-37-28(45-38-27)32(5)10-7-9-23-25(32)21(18-33)26(34)46-23/h17,20H,7-16,19,34H2,1-6H3/t20-,32-/m0/s1. The van der Waals surface area contributed by atoms with Crippen molar-refractivity contribution in [2.24, 2.45) is 0 Å². The molecule has 1 aliphatic carbocycles. The number of nitrogens with zero attached hydrogens (tertiary/aromatic N) is 9. The Morgan fingerprint density at radius 3 is 2.63 bits per heavy atom. The van der Waals surface area contributed by atoms with Crippen molar-refractivity contribution in [3.05, 3.63) is 28.0 Å². The highest BCUT2D eigenvalue weighted by molar-refractivity contribution is 7.16. The summed E-state index contributed by atoms with van der Waals surface area (Å²) in [5.74, 6) is 2.21. The van der Waals surface area contributed by atoms with Gasteiger partial charge in [0, 0.05) is 61.8 Å². The van der Waals surface area contributed by atoms with E-state index >= 15 is 0 Å². The summed E-state index contributed by atoms with van der Waals surface area (Å²) in [7, 11) is 2.14. The molecule has 2 saturated heterocycles. The Hall–Kier alpha value is -3.96. The van der Waals surface area contributed by atoms with Crippen molar-refractivity contribution in [1.29, 1.82) is 5.26 Å². The van der Waals surface area contributed by atoms with E-state index < -0.39 is 11.0 Å². The number of nitrogen functional groups attached to an aromatic ring is 1. The number of nitriles is 1. The maximum absolute atomic E-state index is 12.7. The fourth-order valence-corrected chi connectivity index (χ4v) is 7.99. The smallest absolute Gasteiger partial charge is 0.410 e. The van der Waals surface area contributed by atoms with E-state index in [0.29, 0.717) is 60.1 Å². The second kappa shape index (κ2) is 12.3. The van der Waals surface area contributed by atoms with Crippen LogP contribution in [0, 0.1) is 11.3 Å². The number of aromatic nitrogens is 4. The fraction of sp³-hybridized carbons (Fsp3) is 0.625. The third-order valence-electron chi connectivity index (χ3n) is 9.14. The first-order chi connectivity index (χ1) is 21.9. The van der Waals surface area contributed by atoms with E-state index in [4.69, 9.17) is 29.9 Å². The van der Waals surface area contributed by atoms with Crippen LogP contribution in [-0.4, -0.2) is 101 Å². The molecule has 246 valence electrons. The first-order valence-corrected chi connectivity index (χ1v) is 16.9. The van der Waals surface area contributed by atoms with E-state index in [0.717, 1.165) is 61.6 Å². The third kappa shape index (κ3) is 6.22. The maximum Gasteiger partial charge on any atom is 0.410 e. The maximum atomic E-state index is 12.7. The minimum Gasteiger partial charge on any atom is -0.444 e. The van der Waals surface area contributed by atoms with Gasteiger partial charge in [0.1, 0.15) is 28.2 Å². The van der Waals surface area contributed by atoms with Crippen LogP contribution in [0.5, 0.6) is 0 Å². The van der Waals surface area contributed by atoms with E-state index in [-0.39, 0.29) is 12.1 Å². The van der Waals surface area contributed by atoms with Crippen molar-refractivity contribution in [1.82, 2.24) is 29.9 Å². The van der Waals surface area contributed by atoms with Gasteiger partial charge in [0.2, 0.25) is 17.7 Å². The summed E-state index contributed by atoms with van der Waals surface area (Å²) in [6, 6.07) is 4.43. The number of hydrogen-bond donors (Lipinski definition) is 1. The second-order valence-electron chi connectivity index (χ2n) is 13.9. The molecule has 2 aliphatic heterocycles. The van der Waals surface area contributed by atoms with Crippen LogP contribution in [-0.2, 0) is 16.6 Å². The Bertz CT molecular complexity index is 1630. The number of amides is 1. The Kier molecular flexibility index (Phi) is 8.58. The summed E-state index contributed by atoms with van der Waals surface area (Å²) in [5, 5.41) is 14.9. The molecule has 3 aliphatic rings. The lowest BCUT2D eigenvalue weighted by Gasteiger charge is -2.36. The molecule has 0 radical (unpaired) electrons. The number of thiophene rings is 1. The molecule has 2 atom stereocenters. The van der Waals surface area contributed by atoms with Crippen molar-refractivity contribution in [2.75, 3.05) is 68.4 Å². The number of hydrogen-bond acceptors (Lipinski definition) is 13. The van der Waals surface area contributed by atoms with Crippen LogP contribution in [0.25, 0.3) is 11.5 Å². The van der Waals surface area contributed by atoms with Crippen LogP contribution in [0.1, 0.15) is 75.8 Å². The summed E-state index contributed by atoms with van der Waals surface area (Å²) in [6.45, 7) is 14.9. The molecule has 3 aromatic heterocycles. The number of piperazine rings is 1. The van der Waals surface area contributed by atoms with E-state index in [2.05, 4.69) is 46.8 Å². The third-order valence-corrected chi connectivity index (χ3v) is 10.2. The molecule has 6 rings (SSSR count). The van der Waals surface area contributed by atoms with Crippen molar-refractivity contribution in [3.8, 4) is 17.6 Å². The number of carbonyl (C=O) groups is 1. The van der Waals surface area contributed by atoms with Crippen LogP contribution in [0.2, 0.25) is 0 Å². The van der Waals surface area contributed by atoms with Gasteiger partial charge < -0.3 is 34.6 Å². The normalized spacial score (nSPS) is 22.7.